The number of amides is 3. The van der Waals surface area contributed by atoms with Crippen LogP contribution in [0, 0.1) is 24.1 Å². The maximum absolute atomic E-state index is 14.3. The van der Waals surface area contributed by atoms with Gasteiger partial charge in [0.2, 0.25) is 11.8 Å². The number of halogens is 1. The lowest BCUT2D eigenvalue weighted by molar-refractivity contribution is -0.144. The van der Waals surface area contributed by atoms with E-state index in [2.05, 4.69) is 5.32 Å². The van der Waals surface area contributed by atoms with Crippen LogP contribution in [-0.2, 0) is 9.59 Å². The van der Waals surface area contributed by atoms with Crippen molar-refractivity contribution in [3.8, 4) is 0 Å². The van der Waals surface area contributed by atoms with Gasteiger partial charge in [0.25, 0.3) is 5.91 Å². The number of nitrogens with zero attached hydrogens (tertiary/aromatic N) is 2. The van der Waals surface area contributed by atoms with Gasteiger partial charge < -0.3 is 15.1 Å². The summed E-state index contributed by atoms with van der Waals surface area (Å²) in [5.74, 6) is -1.59. The van der Waals surface area contributed by atoms with Crippen LogP contribution in [0.15, 0.2) is 48.5 Å². The summed E-state index contributed by atoms with van der Waals surface area (Å²) < 4.78 is 14.3. The molecule has 36 heavy (non-hydrogen) atoms. The maximum atomic E-state index is 14.3. The molecule has 6 nitrogen and oxygen atoms in total. The molecule has 2 atom stereocenters. The molecular weight excluding hydrogens is 457 g/mol. The number of hydrogen-bond donors (Lipinski definition) is 1. The first-order chi connectivity index (χ1) is 17.1. The topological polar surface area (TPSA) is 69.7 Å². The quantitative estimate of drug-likeness (QED) is 0.681. The van der Waals surface area contributed by atoms with Crippen molar-refractivity contribution in [2.45, 2.75) is 52.0 Å². The van der Waals surface area contributed by atoms with Crippen LogP contribution in [0.25, 0.3) is 0 Å². The Labute approximate surface area is 212 Å². The number of carbonyl (C=O) groups is 3. The zero-order valence-corrected chi connectivity index (χ0v) is 21.6. The highest BCUT2D eigenvalue weighted by Gasteiger charge is 2.50. The molecule has 192 valence electrons. The second kappa shape index (κ2) is 10.4. The van der Waals surface area contributed by atoms with Crippen molar-refractivity contribution >= 4 is 17.7 Å². The molecule has 0 bridgehead atoms. The number of likely N-dealkylation sites (N-methyl/N-ethyl adjacent to an activating group) is 1. The summed E-state index contributed by atoms with van der Waals surface area (Å²) in [7, 11) is 1.86. The van der Waals surface area contributed by atoms with Gasteiger partial charge in [-0.15, -0.1) is 0 Å². The van der Waals surface area contributed by atoms with Crippen molar-refractivity contribution in [3.05, 3.63) is 71.0 Å². The number of benzene rings is 2. The molecule has 2 aromatic carbocycles. The minimum Gasteiger partial charge on any atom is -0.345 e. The third-order valence-electron chi connectivity index (χ3n) is 7.97. The van der Waals surface area contributed by atoms with Crippen molar-refractivity contribution in [2.75, 3.05) is 26.7 Å². The lowest BCUT2D eigenvalue weighted by atomic mass is 9.62. The third kappa shape index (κ3) is 5.01. The van der Waals surface area contributed by atoms with Gasteiger partial charge in [-0.25, -0.2) is 4.39 Å². The van der Waals surface area contributed by atoms with Crippen molar-refractivity contribution in [1.29, 1.82) is 0 Å². The highest BCUT2D eigenvalue weighted by atomic mass is 19.1. The number of likely N-dealkylation sites (tertiary alicyclic amines) is 2. The van der Waals surface area contributed by atoms with Gasteiger partial charge in [0, 0.05) is 26.7 Å². The average Bonchev–Trinajstić information content (AvgIpc) is 2.87. The van der Waals surface area contributed by atoms with E-state index >= 15 is 0 Å². The van der Waals surface area contributed by atoms with Crippen LogP contribution in [0.1, 0.15) is 60.5 Å². The Bertz CT molecular complexity index is 1130. The van der Waals surface area contributed by atoms with Crippen LogP contribution in [0.5, 0.6) is 0 Å². The molecule has 1 N–H and O–H groups in total. The largest absolute Gasteiger partial charge is 0.345 e. The normalized spacial score (nSPS) is 20.5. The number of rotatable bonds is 5. The SMILES string of the molecule is Cc1ccc(F)c(C(=O)N[C@@H](C(=O)N2CCC3(CCN(C)C(=O)C3c3ccccc3)CC2)C(C)C)c1. The van der Waals surface area contributed by atoms with Crippen LogP contribution in [0.2, 0.25) is 0 Å². The van der Waals surface area contributed by atoms with Gasteiger partial charge in [-0.3, -0.25) is 14.4 Å². The first-order valence-corrected chi connectivity index (χ1v) is 12.8. The molecular formula is C29H36FN3O3. The average molecular weight is 494 g/mol. The van der Waals surface area contributed by atoms with E-state index in [-0.39, 0.29) is 34.6 Å². The summed E-state index contributed by atoms with van der Waals surface area (Å²) in [6, 6.07) is 13.6. The molecule has 2 aromatic rings. The van der Waals surface area contributed by atoms with Gasteiger partial charge in [-0.1, -0.05) is 55.8 Å². The van der Waals surface area contributed by atoms with Gasteiger partial charge in [-0.2, -0.15) is 0 Å². The molecule has 2 saturated heterocycles. The molecule has 0 radical (unpaired) electrons. The number of nitrogens with one attached hydrogen (secondary N) is 1. The molecule has 2 aliphatic heterocycles. The predicted molar refractivity (Wildman–Crippen MR) is 137 cm³/mol. The molecule has 4 rings (SSSR count). The molecule has 2 heterocycles. The number of hydrogen-bond acceptors (Lipinski definition) is 3. The number of carbonyl (C=O) groups excluding carboxylic acids is 3. The molecule has 3 amide bonds. The van der Waals surface area contributed by atoms with Crippen LogP contribution in [0.4, 0.5) is 4.39 Å². The highest BCUT2D eigenvalue weighted by molar-refractivity contribution is 5.98. The summed E-state index contributed by atoms with van der Waals surface area (Å²) in [6.45, 7) is 7.31. The first-order valence-electron chi connectivity index (χ1n) is 12.8. The van der Waals surface area contributed by atoms with Crippen molar-refractivity contribution in [1.82, 2.24) is 15.1 Å². The smallest absolute Gasteiger partial charge is 0.254 e. The first kappa shape index (κ1) is 25.9. The summed E-state index contributed by atoms with van der Waals surface area (Å²) >= 11 is 0. The van der Waals surface area contributed by atoms with E-state index in [0.29, 0.717) is 19.6 Å². The van der Waals surface area contributed by atoms with Crippen LogP contribution in [-0.4, -0.2) is 60.2 Å². The second-order valence-electron chi connectivity index (χ2n) is 10.7. The fourth-order valence-corrected chi connectivity index (χ4v) is 5.72. The van der Waals surface area contributed by atoms with Crippen molar-refractivity contribution in [3.63, 3.8) is 0 Å². The van der Waals surface area contributed by atoms with E-state index in [4.69, 9.17) is 0 Å². The van der Waals surface area contributed by atoms with Crippen LogP contribution >= 0.6 is 0 Å². The molecule has 7 heteroatoms. The Morgan fingerprint density at radius 3 is 2.31 bits per heavy atom. The predicted octanol–water partition coefficient (Wildman–Crippen LogP) is 4.14. The lowest BCUT2D eigenvalue weighted by Crippen LogP contribution is -2.57. The van der Waals surface area contributed by atoms with Gasteiger partial charge >= 0.3 is 0 Å². The van der Waals surface area contributed by atoms with E-state index in [9.17, 15) is 18.8 Å². The molecule has 0 aliphatic carbocycles. The van der Waals surface area contributed by atoms with Gasteiger partial charge in [-0.05, 0) is 55.2 Å². The zero-order chi connectivity index (χ0) is 26.0. The van der Waals surface area contributed by atoms with Crippen molar-refractivity contribution < 1.29 is 18.8 Å². The Morgan fingerprint density at radius 1 is 1.03 bits per heavy atom. The van der Waals surface area contributed by atoms with Crippen molar-refractivity contribution in [2.24, 2.45) is 11.3 Å². The summed E-state index contributed by atoms with van der Waals surface area (Å²) in [5.41, 5.74) is 1.56. The van der Waals surface area contributed by atoms with E-state index in [1.807, 2.05) is 56.1 Å². The van der Waals surface area contributed by atoms with Crippen LogP contribution < -0.4 is 5.32 Å². The second-order valence-corrected chi connectivity index (χ2v) is 10.7. The Balaban J connectivity index is 1.49. The Kier molecular flexibility index (Phi) is 7.48. The van der Waals surface area contributed by atoms with E-state index in [0.717, 1.165) is 30.4 Å². The minimum atomic E-state index is -0.754. The molecule has 2 fully saturated rings. The maximum Gasteiger partial charge on any atom is 0.254 e. The monoisotopic (exact) mass is 493 g/mol. The molecule has 1 unspecified atom stereocenters. The van der Waals surface area contributed by atoms with Crippen LogP contribution in [0.3, 0.4) is 0 Å². The van der Waals surface area contributed by atoms with E-state index < -0.39 is 17.8 Å². The highest BCUT2D eigenvalue weighted by Crippen LogP contribution is 2.50. The Hall–Kier alpha value is -3.22. The fourth-order valence-electron chi connectivity index (χ4n) is 5.72. The molecule has 0 saturated carbocycles. The summed E-state index contributed by atoms with van der Waals surface area (Å²) in [6.07, 6.45) is 2.35. The van der Waals surface area contributed by atoms with Gasteiger partial charge in [0.15, 0.2) is 0 Å². The third-order valence-corrected chi connectivity index (χ3v) is 7.97. The minimum absolute atomic E-state index is 0.0541. The van der Waals surface area contributed by atoms with Gasteiger partial charge in [0.1, 0.15) is 11.9 Å². The van der Waals surface area contributed by atoms with E-state index in [1.54, 1.807) is 17.9 Å². The summed E-state index contributed by atoms with van der Waals surface area (Å²) in [4.78, 5) is 43.3. The fraction of sp³-hybridized carbons (Fsp3) is 0.483. The standard InChI is InChI=1S/C29H36FN3O3/c1-19(2)25(31-26(34)22-18-20(3)10-11-23(22)30)28(36)33-16-13-29(14-17-33)12-15-32(4)27(35)24(29)21-8-6-5-7-9-21/h5-11,18-19,24-25H,12-17H2,1-4H3,(H,31,34)/t24?,25-/m1/s1. The number of piperidine rings is 2. The molecule has 1 spiro atoms. The molecule has 2 aliphatic rings. The zero-order valence-electron chi connectivity index (χ0n) is 21.6. The number of aryl methyl sites for hydroxylation is 1. The lowest BCUT2D eigenvalue weighted by Gasteiger charge is -2.51. The molecule has 0 aromatic heterocycles. The van der Waals surface area contributed by atoms with Gasteiger partial charge in [0.05, 0.1) is 11.5 Å². The Morgan fingerprint density at radius 2 is 1.67 bits per heavy atom. The van der Waals surface area contributed by atoms with E-state index in [1.165, 1.54) is 12.1 Å². The summed E-state index contributed by atoms with van der Waals surface area (Å²) in [5, 5.41) is 2.79.